The summed E-state index contributed by atoms with van der Waals surface area (Å²) in [6.45, 7) is 4.57. The van der Waals surface area contributed by atoms with Crippen LogP contribution in [0.3, 0.4) is 0 Å². The topological polar surface area (TPSA) is 57.5 Å². The van der Waals surface area contributed by atoms with E-state index < -0.39 is 0 Å². The van der Waals surface area contributed by atoms with E-state index in [1.165, 1.54) is 32.1 Å². The molecule has 136 valence electrons. The minimum Gasteiger partial charge on any atom is -0.393 e. The van der Waals surface area contributed by atoms with Crippen LogP contribution in [0.25, 0.3) is 0 Å². The number of fused-ring (bicyclic) bond motifs is 5. The quantitative estimate of drug-likeness (QED) is 0.812. The van der Waals surface area contributed by atoms with Gasteiger partial charge in [-0.25, -0.2) is 0 Å². The van der Waals surface area contributed by atoms with Gasteiger partial charge >= 0.3 is 0 Å². The van der Waals surface area contributed by atoms with Gasteiger partial charge in [-0.2, -0.15) is 0 Å². The van der Waals surface area contributed by atoms with Gasteiger partial charge in [-0.15, -0.1) is 0 Å². The van der Waals surface area contributed by atoms with Crippen LogP contribution < -0.4 is 0 Å². The number of carbonyl (C=O) groups is 1. The smallest absolute Gasteiger partial charge is 0.161 e. The molecule has 4 fully saturated rings. The van der Waals surface area contributed by atoms with Gasteiger partial charge in [0.25, 0.3) is 0 Å². The number of carbonyl (C=O) groups excluding carboxylic acids is 1. The fraction of sp³-hybridized carbons (Fsp3) is 0.952. The molecule has 3 heteroatoms. The van der Waals surface area contributed by atoms with Gasteiger partial charge in [-0.05, 0) is 92.3 Å². The van der Waals surface area contributed by atoms with Crippen LogP contribution in [0.15, 0.2) is 0 Å². The number of Topliss-reactive ketones (excluding diaryl/α,β-unsaturated/α-hetero) is 1. The standard InChI is InChI=1S/C21H34O3/c1-20-9-7-14(23)11-13(20)3-4-15-16-5-6-18(19(24)12-22)21(16,2)10-8-17(15)20/h13-18,22-23H,3-12H2,1-2H3/t13?,14?,15-,16-,17-,18+,20-,21-/m0/s1. The van der Waals surface area contributed by atoms with Gasteiger partial charge in [-0.1, -0.05) is 13.8 Å². The van der Waals surface area contributed by atoms with Gasteiger partial charge in [0.2, 0.25) is 0 Å². The Labute approximate surface area is 146 Å². The first kappa shape index (κ1) is 17.0. The lowest BCUT2D eigenvalue weighted by Gasteiger charge is -2.60. The summed E-state index contributed by atoms with van der Waals surface area (Å²) in [6, 6.07) is 0. The summed E-state index contributed by atoms with van der Waals surface area (Å²) in [5, 5.41) is 19.5. The van der Waals surface area contributed by atoms with Gasteiger partial charge in [-0.3, -0.25) is 4.79 Å². The van der Waals surface area contributed by atoms with E-state index in [4.69, 9.17) is 0 Å². The predicted molar refractivity (Wildman–Crippen MR) is 93.3 cm³/mol. The third-order valence-electron chi connectivity index (χ3n) is 9.18. The zero-order valence-corrected chi connectivity index (χ0v) is 15.3. The van der Waals surface area contributed by atoms with Crippen LogP contribution in [0, 0.1) is 40.4 Å². The fourth-order valence-electron chi connectivity index (χ4n) is 7.87. The van der Waals surface area contributed by atoms with Crippen molar-refractivity contribution in [2.24, 2.45) is 40.4 Å². The van der Waals surface area contributed by atoms with Crippen molar-refractivity contribution in [1.82, 2.24) is 0 Å². The first-order chi connectivity index (χ1) is 11.4. The Hall–Kier alpha value is -0.410. The lowest BCUT2D eigenvalue weighted by atomic mass is 9.44. The monoisotopic (exact) mass is 334 g/mol. The van der Waals surface area contributed by atoms with E-state index in [9.17, 15) is 15.0 Å². The molecule has 0 amide bonds. The number of rotatable bonds is 2. The highest BCUT2D eigenvalue weighted by atomic mass is 16.3. The van der Waals surface area contributed by atoms with Crippen molar-refractivity contribution < 1.29 is 15.0 Å². The third kappa shape index (κ3) is 2.26. The van der Waals surface area contributed by atoms with Crippen LogP contribution in [0.5, 0.6) is 0 Å². The average molecular weight is 335 g/mol. The zero-order chi connectivity index (χ0) is 17.1. The highest BCUT2D eigenvalue weighted by molar-refractivity contribution is 5.83. The molecular formula is C21H34O3. The van der Waals surface area contributed by atoms with Gasteiger partial charge in [0, 0.05) is 5.92 Å². The molecule has 0 spiro atoms. The Morgan fingerprint density at radius 3 is 2.42 bits per heavy atom. The van der Waals surface area contributed by atoms with E-state index in [-0.39, 0.29) is 29.8 Å². The van der Waals surface area contributed by atoms with E-state index >= 15 is 0 Å². The number of hydrogen-bond donors (Lipinski definition) is 2. The van der Waals surface area contributed by atoms with Gasteiger partial charge in [0.05, 0.1) is 6.10 Å². The summed E-state index contributed by atoms with van der Waals surface area (Å²) in [4.78, 5) is 12.3. The number of hydrogen-bond acceptors (Lipinski definition) is 3. The second-order valence-corrected chi connectivity index (χ2v) is 9.88. The molecule has 0 aromatic rings. The highest BCUT2D eigenvalue weighted by Crippen LogP contribution is 2.67. The number of aliphatic hydroxyl groups is 2. The summed E-state index contributed by atoms with van der Waals surface area (Å²) in [6.07, 6.45) is 10.2. The highest BCUT2D eigenvalue weighted by Gasteiger charge is 2.60. The lowest BCUT2D eigenvalue weighted by Crippen LogP contribution is -2.54. The van der Waals surface area contributed by atoms with Crippen LogP contribution in [-0.4, -0.2) is 28.7 Å². The Bertz CT molecular complexity index is 517. The summed E-state index contributed by atoms with van der Waals surface area (Å²) >= 11 is 0. The van der Waals surface area contributed by atoms with Crippen molar-refractivity contribution in [3.05, 3.63) is 0 Å². The molecule has 24 heavy (non-hydrogen) atoms. The summed E-state index contributed by atoms with van der Waals surface area (Å²) < 4.78 is 0. The summed E-state index contributed by atoms with van der Waals surface area (Å²) in [7, 11) is 0. The Kier molecular flexibility index (Phi) is 4.12. The van der Waals surface area contributed by atoms with Crippen molar-refractivity contribution in [2.45, 2.75) is 77.7 Å². The molecule has 0 bridgehead atoms. The predicted octanol–water partition coefficient (Wildman–Crippen LogP) is 3.57. The molecule has 8 atom stereocenters. The molecule has 0 aromatic heterocycles. The number of aliphatic hydroxyl groups excluding tert-OH is 2. The molecule has 4 aliphatic rings. The molecule has 0 radical (unpaired) electrons. The van der Waals surface area contributed by atoms with Gasteiger partial charge in [0.1, 0.15) is 6.61 Å². The van der Waals surface area contributed by atoms with Crippen molar-refractivity contribution in [3.63, 3.8) is 0 Å². The van der Waals surface area contributed by atoms with Crippen molar-refractivity contribution in [2.75, 3.05) is 6.61 Å². The van der Waals surface area contributed by atoms with E-state index in [0.29, 0.717) is 17.3 Å². The largest absolute Gasteiger partial charge is 0.393 e. The first-order valence-corrected chi connectivity index (χ1v) is 10.2. The molecule has 0 aromatic carbocycles. The second kappa shape index (κ2) is 5.81. The van der Waals surface area contributed by atoms with E-state index in [1.807, 2.05) is 0 Å². The molecule has 2 unspecified atom stereocenters. The van der Waals surface area contributed by atoms with Crippen molar-refractivity contribution in [3.8, 4) is 0 Å². The normalized spacial score (nSPS) is 53.8. The fourth-order valence-corrected chi connectivity index (χ4v) is 7.87. The SMILES string of the molecule is C[C@]12CC[C@H]3[C@@H](CCC4CC(O)CC[C@@]43C)[C@@H]1CC[C@@H]2C(=O)CO. The van der Waals surface area contributed by atoms with Crippen molar-refractivity contribution >= 4 is 5.78 Å². The minimum atomic E-state index is -0.279. The zero-order valence-electron chi connectivity index (χ0n) is 15.3. The molecule has 4 saturated carbocycles. The molecule has 4 aliphatic carbocycles. The van der Waals surface area contributed by atoms with Crippen molar-refractivity contribution in [1.29, 1.82) is 0 Å². The van der Waals surface area contributed by atoms with E-state index in [1.54, 1.807) is 0 Å². The average Bonchev–Trinajstić information content (AvgIpc) is 2.92. The van der Waals surface area contributed by atoms with Gasteiger partial charge < -0.3 is 10.2 Å². The Morgan fingerprint density at radius 2 is 1.67 bits per heavy atom. The lowest BCUT2D eigenvalue weighted by molar-refractivity contribution is -0.141. The van der Waals surface area contributed by atoms with Crippen LogP contribution in [0.1, 0.15) is 71.6 Å². The molecule has 4 rings (SSSR count). The first-order valence-electron chi connectivity index (χ1n) is 10.2. The Balaban J connectivity index is 1.60. The third-order valence-corrected chi connectivity index (χ3v) is 9.18. The van der Waals surface area contributed by atoms with Crippen LogP contribution in [-0.2, 0) is 4.79 Å². The molecule has 3 nitrogen and oxygen atoms in total. The molecular weight excluding hydrogens is 300 g/mol. The number of ketones is 1. The summed E-state index contributed by atoms with van der Waals surface area (Å²) in [5.41, 5.74) is 0.529. The molecule has 0 heterocycles. The Morgan fingerprint density at radius 1 is 0.958 bits per heavy atom. The minimum absolute atomic E-state index is 0.0773. The van der Waals surface area contributed by atoms with E-state index in [0.717, 1.165) is 37.5 Å². The second-order valence-electron chi connectivity index (χ2n) is 9.88. The van der Waals surface area contributed by atoms with Crippen LogP contribution >= 0.6 is 0 Å². The van der Waals surface area contributed by atoms with Crippen LogP contribution in [0.2, 0.25) is 0 Å². The summed E-state index contributed by atoms with van der Waals surface area (Å²) in [5.74, 6) is 3.08. The van der Waals surface area contributed by atoms with E-state index in [2.05, 4.69) is 13.8 Å². The maximum Gasteiger partial charge on any atom is 0.161 e. The van der Waals surface area contributed by atoms with Crippen LogP contribution in [0.4, 0.5) is 0 Å². The maximum absolute atomic E-state index is 12.3. The molecule has 0 saturated heterocycles. The molecule has 2 N–H and O–H groups in total. The van der Waals surface area contributed by atoms with Gasteiger partial charge in [0.15, 0.2) is 5.78 Å². The maximum atomic E-state index is 12.3. The molecule has 0 aliphatic heterocycles.